The van der Waals surface area contributed by atoms with Crippen molar-refractivity contribution in [3.63, 3.8) is 0 Å². The SMILES string of the molecule is Cc1cnccc1-c1cccc(C[C@H](NC(=O)C2CCC(CNC(=O)OC(C)(C)C)CC2)C(=O)Nc2ccc(-c3nn[nH]n3)cc2)c1. The molecule has 1 atom stereocenters. The minimum Gasteiger partial charge on any atom is -0.444 e. The van der Waals surface area contributed by atoms with E-state index in [4.69, 9.17) is 4.74 Å². The van der Waals surface area contributed by atoms with Crippen LogP contribution in [0.3, 0.4) is 0 Å². The molecule has 2 heterocycles. The number of pyridine rings is 1. The number of H-pyrrole nitrogens is 1. The molecule has 12 nitrogen and oxygen atoms in total. The van der Waals surface area contributed by atoms with Gasteiger partial charge in [-0.3, -0.25) is 14.6 Å². The van der Waals surface area contributed by atoms with Gasteiger partial charge >= 0.3 is 6.09 Å². The molecular weight excluding hydrogens is 596 g/mol. The zero-order valence-corrected chi connectivity index (χ0v) is 27.2. The summed E-state index contributed by atoms with van der Waals surface area (Å²) >= 11 is 0. The van der Waals surface area contributed by atoms with Gasteiger partial charge in [-0.25, -0.2) is 4.79 Å². The normalized spacial score (nSPS) is 16.9. The number of ether oxygens (including phenoxy) is 1. The Labute approximate surface area is 274 Å². The number of nitrogens with zero attached hydrogens (tertiary/aromatic N) is 4. The molecule has 2 aromatic carbocycles. The lowest BCUT2D eigenvalue weighted by molar-refractivity contribution is -0.130. The zero-order chi connectivity index (χ0) is 33.4. The van der Waals surface area contributed by atoms with Gasteiger partial charge in [0, 0.05) is 42.5 Å². The Kier molecular flexibility index (Phi) is 10.6. The zero-order valence-electron chi connectivity index (χ0n) is 27.2. The Morgan fingerprint density at radius 3 is 2.45 bits per heavy atom. The first-order chi connectivity index (χ1) is 22.5. The van der Waals surface area contributed by atoms with Crippen molar-refractivity contribution in [3.8, 4) is 22.5 Å². The molecule has 1 fully saturated rings. The molecule has 47 heavy (non-hydrogen) atoms. The first kappa shape index (κ1) is 33.2. The predicted molar refractivity (Wildman–Crippen MR) is 178 cm³/mol. The van der Waals surface area contributed by atoms with E-state index in [0.29, 0.717) is 37.3 Å². The smallest absolute Gasteiger partial charge is 0.407 e. The summed E-state index contributed by atoms with van der Waals surface area (Å²) in [6.07, 6.45) is 6.41. The number of aromatic amines is 1. The molecule has 0 bridgehead atoms. The van der Waals surface area contributed by atoms with Gasteiger partial charge in [-0.05, 0) is 117 Å². The third kappa shape index (κ3) is 9.44. The largest absolute Gasteiger partial charge is 0.444 e. The fraction of sp³-hybridized carbons (Fsp3) is 0.400. The number of anilines is 1. The molecule has 1 aliphatic carbocycles. The predicted octanol–water partition coefficient (Wildman–Crippen LogP) is 5.23. The van der Waals surface area contributed by atoms with E-state index in [1.807, 2.05) is 58.2 Å². The second-order valence-corrected chi connectivity index (χ2v) is 13.1. The lowest BCUT2D eigenvalue weighted by Crippen LogP contribution is -2.48. The fourth-order valence-corrected chi connectivity index (χ4v) is 5.78. The van der Waals surface area contributed by atoms with Crippen LogP contribution in [0, 0.1) is 18.8 Å². The van der Waals surface area contributed by atoms with Crippen molar-refractivity contribution in [2.75, 3.05) is 11.9 Å². The summed E-state index contributed by atoms with van der Waals surface area (Å²) in [5.41, 5.74) is 4.83. The van der Waals surface area contributed by atoms with Crippen molar-refractivity contribution >= 4 is 23.6 Å². The van der Waals surface area contributed by atoms with Crippen molar-refractivity contribution in [2.24, 2.45) is 11.8 Å². The van der Waals surface area contributed by atoms with Crippen LogP contribution in [0.4, 0.5) is 10.5 Å². The van der Waals surface area contributed by atoms with Gasteiger partial charge in [0.15, 0.2) is 0 Å². The topological polar surface area (TPSA) is 164 Å². The molecule has 246 valence electrons. The fourth-order valence-electron chi connectivity index (χ4n) is 5.78. The summed E-state index contributed by atoms with van der Waals surface area (Å²) in [5, 5.41) is 22.9. The van der Waals surface area contributed by atoms with Crippen LogP contribution in [0.25, 0.3) is 22.5 Å². The molecule has 5 rings (SSSR count). The van der Waals surface area contributed by atoms with Crippen molar-refractivity contribution in [1.82, 2.24) is 36.2 Å². The number of carbonyl (C=O) groups excluding carboxylic acids is 3. The summed E-state index contributed by atoms with van der Waals surface area (Å²) in [5.74, 6) is 0.0416. The van der Waals surface area contributed by atoms with Crippen LogP contribution in [-0.2, 0) is 20.7 Å². The van der Waals surface area contributed by atoms with Crippen LogP contribution in [0.5, 0.6) is 0 Å². The summed E-state index contributed by atoms with van der Waals surface area (Å²) in [6, 6.07) is 16.3. The van der Waals surface area contributed by atoms with Gasteiger partial charge < -0.3 is 20.7 Å². The third-order valence-electron chi connectivity index (χ3n) is 8.24. The first-order valence-corrected chi connectivity index (χ1v) is 16.0. The molecule has 12 heteroatoms. The summed E-state index contributed by atoms with van der Waals surface area (Å²) in [6.45, 7) is 8.01. The number of nitrogens with one attached hydrogen (secondary N) is 4. The van der Waals surface area contributed by atoms with Gasteiger partial charge in [-0.2, -0.15) is 5.21 Å². The van der Waals surface area contributed by atoms with E-state index in [1.165, 1.54) is 0 Å². The number of hydrogen-bond acceptors (Lipinski definition) is 8. The number of aromatic nitrogens is 5. The van der Waals surface area contributed by atoms with Gasteiger partial charge in [0.05, 0.1) is 0 Å². The Morgan fingerprint density at radius 2 is 1.77 bits per heavy atom. The van der Waals surface area contributed by atoms with E-state index in [1.54, 1.807) is 30.5 Å². The van der Waals surface area contributed by atoms with E-state index in [2.05, 4.69) is 47.6 Å². The van der Waals surface area contributed by atoms with E-state index >= 15 is 0 Å². The van der Waals surface area contributed by atoms with Gasteiger partial charge in [-0.15, -0.1) is 10.2 Å². The van der Waals surface area contributed by atoms with E-state index in [9.17, 15) is 14.4 Å². The molecule has 0 radical (unpaired) electrons. The second-order valence-electron chi connectivity index (χ2n) is 13.1. The van der Waals surface area contributed by atoms with Crippen LogP contribution in [0.15, 0.2) is 67.0 Å². The molecular formula is C35H42N8O4. The van der Waals surface area contributed by atoms with Crippen LogP contribution in [0.2, 0.25) is 0 Å². The Hall–Kier alpha value is -5.13. The standard InChI is InChI=1S/C35H42N8O4/c1-22-20-36-17-16-29(22)27-7-5-6-24(18-27)19-30(33(45)38-28-14-12-25(13-15-28)31-40-42-43-41-31)39-32(44)26-10-8-23(9-11-26)21-37-34(46)47-35(2,3)4/h5-7,12-18,20,23,26,30H,8-11,19,21H2,1-4H3,(H,37,46)(H,38,45)(H,39,44)(H,40,41,42,43)/t23?,26?,30-/m0/s1. The van der Waals surface area contributed by atoms with E-state index < -0.39 is 17.7 Å². The lowest BCUT2D eigenvalue weighted by Gasteiger charge is -2.29. The maximum atomic E-state index is 13.7. The quantitative estimate of drug-likeness (QED) is 0.183. The molecule has 4 aromatic rings. The minimum atomic E-state index is -0.806. The monoisotopic (exact) mass is 638 g/mol. The number of hydrogen-bond donors (Lipinski definition) is 4. The highest BCUT2D eigenvalue weighted by Crippen LogP contribution is 2.29. The number of aryl methyl sites for hydroxylation is 1. The molecule has 0 aliphatic heterocycles. The molecule has 1 saturated carbocycles. The highest BCUT2D eigenvalue weighted by atomic mass is 16.6. The number of rotatable bonds is 10. The average molecular weight is 639 g/mol. The third-order valence-corrected chi connectivity index (χ3v) is 8.24. The van der Waals surface area contributed by atoms with Gasteiger partial charge in [0.25, 0.3) is 0 Å². The summed E-state index contributed by atoms with van der Waals surface area (Å²) in [4.78, 5) is 43.6. The van der Waals surface area contributed by atoms with Crippen molar-refractivity contribution in [2.45, 2.75) is 71.4 Å². The Balaban J connectivity index is 1.25. The second kappa shape index (κ2) is 15.0. The van der Waals surface area contributed by atoms with Crippen LogP contribution in [-0.4, -0.2) is 61.7 Å². The molecule has 4 N–H and O–H groups in total. The number of amides is 3. The van der Waals surface area contributed by atoms with Gasteiger partial charge in [-0.1, -0.05) is 24.3 Å². The molecule has 0 spiro atoms. The Morgan fingerprint density at radius 1 is 1.00 bits per heavy atom. The van der Waals surface area contributed by atoms with Crippen LogP contribution < -0.4 is 16.0 Å². The van der Waals surface area contributed by atoms with Crippen LogP contribution in [0.1, 0.15) is 57.6 Å². The van der Waals surface area contributed by atoms with Crippen molar-refractivity contribution in [1.29, 1.82) is 0 Å². The number of benzene rings is 2. The lowest BCUT2D eigenvalue weighted by atomic mass is 9.81. The summed E-state index contributed by atoms with van der Waals surface area (Å²) < 4.78 is 5.34. The summed E-state index contributed by atoms with van der Waals surface area (Å²) in [7, 11) is 0. The number of carbonyl (C=O) groups is 3. The average Bonchev–Trinajstić information content (AvgIpc) is 3.59. The van der Waals surface area contributed by atoms with Crippen molar-refractivity contribution < 1.29 is 19.1 Å². The highest BCUT2D eigenvalue weighted by Gasteiger charge is 2.30. The molecule has 2 aromatic heterocycles. The van der Waals surface area contributed by atoms with Crippen molar-refractivity contribution in [3.05, 3.63) is 78.1 Å². The first-order valence-electron chi connectivity index (χ1n) is 16.0. The molecule has 0 saturated heterocycles. The Bertz CT molecular complexity index is 1660. The number of tetrazole rings is 1. The van der Waals surface area contributed by atoms with Gasteiger partial charge in [0.1, 0.15) is 11.6 Å². The number of alkyl carbamates (subject to hydrolysis) is 1. The van der Waals surface area contributed by atoms with Gasteiger partial charge in [0.2, 0.25) is 17.6 Å². The van der Waals surface area contributed by atoms with E-state index in [0.717, 1.165) is 40.7 Å². The maximum Gasteiger partial charge on any atom is 0.407 e. The molecule has 0 unspecified atom stereocenters. The van der Waals surface area contributed by atoms with Crippen LogP contribution >= 0.6 is 0 Å². The van der Waals surface area contributed by atoms with E-state index in [-0.39, 0.29) is 23.7 Å². The maximum absolute atomic E-state index is 13.7. The highest BCUT2D eigenvalue weighted by molar-refractivity contribution is 5.97. The molecule has 3 amide bonds. The molecule has 1 aliphatic rings. The minimum absolute atomic E-state index is 0.141.